The van der Waals surface area contributed by atoms with Gasteiger partial charge in [-0.05, 0) is 69.1 Å². The zero-order valence-corrected chi connectivity index (χ0v) is 22.1. The minimum atomic E-state index is -0.554. The minimum Gasteiger partial charge on any atom is -0.459 e. The van der Waals surface area contributed by atoms with Crippen LogP contribution in [0.4, 0.5) is 0 Å². The molecule has 0 spiro atoms. The van der Waals surface area contributed by atoms with Crippen molar-refractivity contribution >= 4 is 11.9 Å². The first kappa shape index (κ1) is 25.3. The van der Waals surface area contributed by atoms with Crippen LogP contribution in [0.5, 0.6) is 0 Å². The van der Waals surface area contributed by atoms with E-state index in [1.54, 1.807) is 6.08 Å². The summed E-state index contributed by atoms with van der Waals surface area (Å²) in [5, 5.41) is 0. The Labute approximate surface area is 211 Å². The van der Waals surface area contributed by atoms with Crippen LogP contribution in [0, 0.1) is 29.6 Å². The van der Waals surface area contributed by atoms with Crippen LogP contribution in [0.1, 0.15) is 111 Å². The van der Waals surface area contributed by atoms with E-state index in [0.717, 1.165) is 25.7 Å². The van der Waals surface area contributed by atoms with E-state index in [2.05, 4.69) is 19.9 Å². The molecule has 0 aromatic rings. The Balaban J connectivity index is 1.46. The number of rotatable bonds is 6. The highest BCUT2D eigenvalue weighted by molar-refractivity contribution is 5.82. The van der Waals surface area contributed by atoms with Crippen LogP contribution < -0.4 is 0 Å². The normalized spacial score (nSPS) is 42.2. The van der Waals surface area contributed by atoms with Gasteiger partial charge in [-0.25, -0.2) is 4.79 Å². The van der Waals surface area contributed by atoms with Gasteiger partial charge in [0.25, 0.3) is 0 Å². The summed E-state index contributed by atoms with van der Waals surface area (Å²) in [6.45, 7) is 6.36. The van der Waals surface area contributed by atoms with Crippen molar-refractivity contribution in [2.75, 3.05) is 0 Å². The van der Waals surface area contributed by atoms with Crippen molar-refractivity contribution in [2.45, 2.75) is 134 Å². The molecule has 7 atom stereocenters. The molecule has 5 rings (SSSR count). The molecule has 2 aliphatic heterocycles. The molecule has 3 aliphatic carbocycles. The summed E-state index contributed by atoms with van der Waals surface area (Å²) < 4.78 is 19.7. The molecule has 196 valence electrons. The zero-order valence-electron chi connectivity index (χ0n) is 22.1. The molecule has 2 heterocycles. The van der Waals surface area contributed by atoms with Crippen molar-refractivity contribution in [3.63, 3.8) is 0 Å². The van der Waals surface area contributed by atoms with Crippen LogP contribution in [0.2, 0.25) is 0 Å². The van der Waals surface area contributed by atoms with Crippen LogP contribution >= 0.6 is 0 Å². The van der Waals surface area contributed by atoms with Crippen molar-refractivity contribution in [1.82, 2.24) is 0 Å². The molecule has 0 radical (unpaired) electrons. The lowest BCUT2D eigenvalue weighted by Crippen LogP contribution is -2.63. The van der Waals surface area contributed by atoms with Gasteiger partial charge >= 0.3 is 11.9 Å². The first-order valence-corrected chi connectivity index (χ1v) is 14.7. The minimum absolute atomic E-state index is 0.155. The summed E-state index contributed by atoms with van der Waals surface area (Å²) in [5.74, 6) is 1.44. The monoisotopic (exact) mass is 486 g/mol. The van der Waals surface area contributed by atoms with Gasteiger partial charge in [0.1, 0.15) is 23.4 Å². The second kappa shape index (κ2) is 10.2. The standard InChI is InChI=1S/C30H46O5/c1-4-25(31)33-24-19-30(22-13-9-6-10-14-22)28(27-20(2)15-17-23(27)29(24,3)35-30)34-26(32)18-16-21-11-7-5-8-12-21/h16,18,20-24,27-28H,4-15,17,19H2,1-3H3/b18-16+/t20?,23-,24-,27?,28+,29+,30-/m1/s1. The third-order valence-corrected chi connectivity index (χ3v) is 10.4. The largest absolute Gasteiger partial charge is 0.459 e. The summed E-state index contributed by atoms with van der Waals surface area (Å²) in [5.41, 5.74) is -1.06. The van der Waals surface area contributed by atoms with Crippen LogP contribution in [0.25, 0.3) is 0 Å². The quantitative estimate of drug-likeness (QED) is 0.315. The Morgan fingerprint density at radius 2 is 1.63 bits per heavy atom. The third-order valence-electron chi connectivity index (χ3n) is 10.4. The van der Waals surface area contributed by atoms with Crippen molar-refractivity contribution in [2.24, 2.45) is 29.6 Å². The lowest BCUT2D eigenvalue weighted by molar-refractivity contribution is -0.270. The number of ether oxygens (including phenoxy) is 3. The fourth-order valence-corrected chi connectivity index (χ4v) is 8.58. The van der Waals surface area contributed by atoms with Gasteiger partial charge in [-0.15, -0.1) is 0 Å². The third kappa shape index (κ3) is 4.60. The van der Waals surface area contributed by atoms with Crippen molar-refractivity contribution in [3.05, 3.63) is 12.2 Å². The highest BCUT2D eigenvalue weighted by Gasteiger charge is 2.73. The number of carbonyl (C=O) groups excluding carboxylic acids is 2. The Bertz CT molecular complexity index is 810. The van der Waals surface area contributed by atoms with Gasteiger partial charge in [0.2, 0.25) is 0 Å². The van der Waals surface area contributed by atoms with Gasteiger partial charge in [-0.3, -0.25) is 4.79 Å². The van der Waals surface area contributed by atoms with Gasteiger partial charge in [-0.2, -0.15) is 0 Å². The Morgan fingerprint density at radius 3 is 2.31 bits per heavy atom. The van der Waals surface area contributed by atoms with Crippen molar-refractivity contribution in [3.8, 4) is 0 Å². The lowest BCUT2D eigenvalue weighted by Gasteiger charge is -2.54. The van der Waals surface area contributed by atoms with E-state index in [0.29, 0.717) is 30.6 Å². The molecule has 0 aromatic carbocycles. The van der Waals surface area contributed by atoms with Crippen LogP contribution in [-0.2, 0) is 23.8 Å². The van der Waals surface area contributed by atoms with Gasteiger partial charge < -0.3 is 14.2 Å². The molecule has 0 amide bonds. The second-order valence-corrected chi connectivity index (χ2v) is 12.5. The first-order chi connectivity index (χ1) is 16.9. The summed E-state index contributed by atoms with van der Waals surface area (Å²) in [6, 6.07) is 0. The number of carbonyl (C=O) groups is 2. The van der Waals surface area contributed by atoms with E-state index >= 15 is 0 Å². The first-order valence-electron chi connectivity index (χ1n) is 14.7. The van der Waals surface area contributed by atoms with E-state index in [-0.39, 0.29) is 36.0 Å². The highest BCUT2D eigenvalue weighted by Crippen LogP contribution is 2.64. The van der Waals surface area contributed by atoms with Crippen LogP contribution in [0.15, 0.2) is 12.2 Å². The molecule has 5 heteroatoms. The van der Waals surface area contributed by atoms with Crippen molar-refractivity contribution in [1.29, 1.82) is 0 Å². The van der Waals surface area contributed by atoms with Gasteiger partial charge in [0, 0.05) is 24.8 Å². The topological polar surface area (TPSA) is 61.8 Å². The van der Waals surface area contributed by atoms with E-state index in [9.17, 15) is 9.59 Å². The SMILES string of the molecule is CCC(=O)O[C@@H]1C[C@]2(C3CCCCC3)O[C@@]1(C)[C@@H]1CCC(C)C1[C@@H]2OC(=O)/C=C/C1CCCCC1. The van der Waals surface area contributed by atoms with Gasteiger partial charge in [-0.1, -0.05) is 58.4 Å². The summed E-state index contributed by atoms with van der Waals surface area (Å²) in [4.78, 5) is 25.7. The predicted octanol–water partition coefficient (Wildman–Crippen LogP) is 6.53. The summed E-state index contributed by atoms with van der Waals surface area (Å²) >= 11 is 0. The maximum atomic E-state index is 13.3. The molecule has 2 bridgehead atoms. The fourth-order valence-electron chi connectivity index (χ4n) is 8.58. The maximum Gasteiger partial charge on any atom is 0.330 e. The molecule has 5 nitrogen and oxygen atoms in total. The molecule has 35 heavy (non-hydrogen) atoms. The zero-order chi connectivity index (χ0) is 24.6. The Kier molecular flexibility index (Phi) is 7.36. The molecular formula is C30H46O5. The van der Waals surface area contributed by atoms with E-state index in [1.165, 1.54) is 51.4 Å². The number of fused-ring (bicyclic) bond motifs is 4. The van der Waals surface area contributed by atoms with Crippen LogP contribution in [-0.4, -0.2) is 35.3 Å². The van der Waals surface area contributed by atoms with E-state index < -0.39 is 11.2 Å². The molecule has 5 fully saturated rings. The van der Waals surface area contributed by atoms with Crippen molar-refractivity contribution < 1.29 is 23.8 Å². The smallest absolute Gasteiger partial charge is 0.330 e. The molecule has 5 aliphatic rings. The fraction of sp³-hybridized carbons (Fsp3) is 0.867. The number of hydrogen-bond donors (Lipinski definition) is 0. The Hall–Kier alpha value is -1.36. The highest BCUT2D eigenvalue weighted by atomic mass is 16.6. The second-order valence-electron chi connectivity index (χ2n) is 12.5. The molecule has 3 saturated carbocycles. The predicted molar refractivity (Wildman–Crippen MR) is 135 cm³/mol. The number of allylic oxidation sites excluding steroid dienone is 1. The number of esters is 2. The molecular weight excluding hydrogens is 440 g/mol. The lowest BCUT2D eigenvalue weighted by atomic mass is 9.66. The maximum absolute atomic E-state index is 13.3. The van der Waals surface area contributed by atoms with Gasteiger partial charge in [0.05, 0.1) is 0 Å². The molecule has 2 unspecified atom stereocenters. The molecule has 0 aromatic heterocycles. The van der Waals surface area contributed by atoms with Crippen LogP contribution in [0.3, 0.4) is 0 Å². The average molecular weight is 487 g/mol. The summed E-state index contributed by atoms with van der Waals surface area (Å²) in [7, 11) is 0. The summed E-state index contributed by atoms with van der Waals surface area (Å²) in [6.07, 6.45) is 18.4. The molecule has 2 saturated heterocycles. The van der Waals surface area contributed by atoms with E-state index in [4.69, 9.17) is 14.2 Å². The molecule has 0 N–H and O–H groups in total. The average Bonchev–Trinajstić information content (AvgIpc) is 3.39. The van der Waals surface area contributed by atoms with Gasteiger partial charge in [0.15, 0.2) is 0 Å². The number of hydrogen-bond acceptors (Lipinski definition) is 5. The van der Waals surface area contributed by atoms with E-state index in [1.807, 2.05) is 6.92 Å². The Morgan fingerprint density at radius 1 is 0.943 bits per heavy atom.